The van der Waals surface area contributed by atoms with E-state index in [2.05, 4.69) is 60.1 Å². The van der Waals surface area contributed by atoms with E-state index in [9.17, 15) is 0 Å². The van der Waals surface area contributed by atoms with Gasteiger partial charge >= 0.3 is 0 Å². The normalized spacial score (nSPS) is 17.9. The molecule has 2 aromatic rings. The second kappa shape index (κ2) is 10.3. The van der Waals surface area contributed by atoms with Crippen LogP contribution in [0, 0.1) is 0 Å². The van der Waals surface area contributed by atoms with Gasteiger partial charge in [-0.1, -0.05) is 36.4 Å². The quantitative estimate of drug-likeness (QED) is 0.734. The Morgan fingerprint density at radius 2 is 2.11 bits per heavy atom. The monoisotopic (exact) mass is 376 g/mol. The summed E-state index contributed by atoms with van der Waals surface area (Å²) in [4.78, 5) is 11.6. The van der Waals surface area contributed by atoms with E-state index in [1.165, 1.54) is 29.5 Å². The molecule has 0 bridgehead atoms. The Kier molecular flexibility index (Phi) is 7.52. The molecule has 4 nitrogen and oxygen atoms in total. The Balaban J connectivity index is 1.58. The van der Waals surface area contributed by atoms with Crippen LogP contribution in [-0.4, -0.2) is 41.9 Å². The highest BCUT2D eigenvalue weighted by atomic mass is 15.2. The van der Waals surface area contributed by atoms with Gasteiger partial charge in [0.1, 0.15) is 0 Å². The van der Waals surface area contributed by atoms with E-state index < -0.39 is 0 Å². The number of likely N-dealkylation sites (tertiary alicyclic amines) is 1. The van der Waals surface area contributed by atoms with Gasteiger partial charge in [-0.05, 0) is 73.9 Å². The first-order valence-electron chi connectivity index (χ1n) is 10.3. The van der Waals surface area contributed by atoms with E-state index in [4.69, 9.17) is 10.7 Å². The molecule has 1 fully saturated rings. The van der Waals surface area contributed by atoms with E-state index in [-0.39, 0.29) is 6.17 Å². The summed E-state index contributed by atoms with van der Waals surface area (Å²) in [5.74, 6) is 0.623. The second-order valence-electron chi connectivity index (χ2n) is 7.49. The number of piperidine rings is 1. The molecule has 1 atom stereocenters. The zero-order chi connectivity index (χ0) is 19.8. The van der Waals surface area contributed by atoms with Gasteiger partial charge in [0, 0.05) is 31.7 Å². The average Bonchev–Trinajstić information content (AvgIpc) is 2.75. The van der Waals surface area contributed by atoms with Crippen LogP contribution in [0.5, 0.6) is 0 Å². The molecule has 28 heavy (non-hydrogen) atoms. The molecule has 2 heterocycles. The highest BCUT2D eigenvalue weighted by molar-refractivity contribution is 6.09. The van der Waals surface area contributed by atoms with Crippen molar-refractivity contribution in [3.05, 3.63) is 71.6 Å². The number of hydrogen-bond donors (Lipinski definition) is 1. The van der Waals surface area contributed by atoms with E-state index in [1.807, 2.05) is 24.7 Å². The molecule has 1 aliphatic rings. The minimum Gasteiger partial charge on any atom is -0.330 e. The maximum absolute atomic E-state index is 5.70. The summed E-state index contributed by atoms with van der Waals surface area (Å²) >= 11 is 0. The summed E-state index contributed by atoms with van der Waals surface area (Å²) in [7, 11) is 0. The van der Waals surface area contributed by atoms with Crippen LogP contribution in [0.1, 0.15) is 49.3 Å². The lowest BCUT2D eigenvalue weighted by molar-refractivity contribution is 0.166. The van der Waals surface area contributed by atoms with Crippen LogP contribution in [0.15, 0.2) is 59.9 Å². The SMILES string of the molecule is C/C=C(\C=NC(C)N1CCC(c2cccnc2)CC1)c1cccc(CCN)c1. The molecular weight excluding hydrogens is 344 g/mol. The Morgan fingerprint density at radius 1 is 1.29 bits per heavy atom. The molecule has 1 saturated heterocycles. The number of benzene rings is 1. The van der Waals surface area contributed by atoms with Crippen LogP contribution >= 0.6 is 0 Å². The van der Waals surface area contributed by atoms with Crippen LogP contribution in [0.2, 0.25) is 0 Å². The first-order valence-corrected chi connectivity index (χ1v) is 10.3. The fraction of sp³-hybridized carbons (Fsp3) is 0.417. The van der Waals surface area contributed by atoms with E-state index in [0.29, 0.717) is 12.5 Å². The van der Waals surface area contributed by atoms with Crippen molar-refractivity contribution < 1.29 is 0 Å². The van der Waals surface area contributed by atoms with Crippen molar-refractivity contribution in [1.82, 2.24) is 9.88 Å². The maximum Gasteiger partial charge on any atom is 0.0990 e. The number of pyridine rings is 1. The number of nitrogens with two attached hydrogens (primary N) is 1. The Labute approximate surface area is 169 Å². The molecular formula is C24H32N4. The fourth-order valence-electron chi connectivity index (χ4n) is 3.90. The van der Waals surface area contributed by atoms with Crippen molar-refractivity contribution in [2.24, 2.45) is 10.7 Å². The van der Waals surface area contributed by atoms with Crippen LogP contribution < -0.4 is 5.73 Å². The number of rotatable bonds is 7. The lowest BCUT2D eigenvalue weighted by Crippen LogP contribution is -2.38. The highest BCUT2D eigenvalue weighted by Gasteiger charge is 2.23. The molecule has 148 valence electrons. The van der Waals surface area contributed by atoms with Crippen molar-refractivity contribution in [3.8, 4) is 0 Å². The van der Waals surface area contributed by atoms with Gasteiger partial charge < -0.3 is 5.73 Å². The van der Waals surface area contributed by atoms with Gasteiger partial charge in [-0.25, -0.2) is 0 Å². The molecule has 0 aliphatic carbocycles. The summed E-state index contributed by atoms with van der Waals surface area (Å²) in [5, 5.41) is 0. The summed E-state index contributed by atoms with van der Waals surface area (Å²) in [5.41, 5.74) is 10.7. The van der Waals surface area contributed by atoms with Crippen molar-refractivity contribution in [1.29, 1.82) is 0 Å². The lowest BCUT2D eigenvalue weighted by atomic mass is 9.90. The van der Waals surface area contributed by atoms with Gasteiger partial charge in [-0.15, -0.1) is 0 Å². The standard InChI is InChI=1S/C24H32N4/c1-3-21(23-7-4-6-20(16-23)9-12-25)18-27-19(2)28-14-10-22(11-15-28)24-8-5-13-26-17-24/h3-8,13,16-19,22H,9-12,14-15,25H2,1-2H3/b21-3+,27-18?. The minimum atomic E-state index is 0.192. The van der Waals surface area contributed by atoms with Crippen molar-refractivity contribution in [3.63, 3.8) is 0 Å². The van der Waals surface area contributed by atoms with Crippen molar-refractivity contribution in [2.45, 2.75) is 45.2 Å². The molecule has 0 saturated carbocycles. The third-order valence-electron chi connectivity index (χ3n) is 5.65. The smallest absolute Gasteiger partial charge is 0.0990 e. The van der Waals surface area contributed by atoms with Gasteiger partial charge in [0.2, 0.25) is 0 Å². The molecule has 1 aliphatic heterocycles. The topological polar surface area (TPSA) is 54.5 Å². The molecule has 4 heteroatoms. The summed E-state index contributed by atoms with van der Waals surface area (Å²) in [6.07, 6.45) is 11.5. The zero-order valence-corrected chi connectivity index (χ0v) is 17.1. The van der Waals surface area contributed by atoms with Gasteiger partial charge in [0.25, 0.3) is 0 Å². The third-order valence-corrected chi connectivity index (χ3v) is 5.65. The molecule has 0 radical (unpaired) electrons. The number of aliphatic imine (C=N–C) groups is 1. The minimum absolute atomic E-state index is 0.192. The number of nitrogens with zero attached hydrogens (tertiary/aromatic N) is 3. The zero-order valence-electron chi connectivity index (χ0n) is 17.1. The first-order chi connectivity index (χ1) is 13.7. The molecule has 1 aromatic carbocycles. The Morgan fingerprint density at radius 3 is 2.79 bits per heavy atom. The summed E-state index contributed by atoms with van der Waals surface area (Å²) in [6.45, 7) is 7.10. The second-order valence-corrected chi connectivity index (χ2v) is 7.49. The third kappa shape index (κ3) is 5.37. The van der Waals surface area contributed by atoms with Gasteiger partial charge in [-0.2, -0.15) is 0 Å². The van der Waals surface area contributed by atoms with Crippen LogP contribution in [0.25, 0.3) is 5.57 Å². The van der Waals surface area contributed by atoms with Crippen molar-refractivity contribution >= 4 is 11.8 Å². The Hall–Kier alpha value is -2.30. The van der Waals surface area contributed by atoms with Crippen LogP contribution in [0.3, 0.4) is 0 Å². The lowest BCUT2D eigenvalue weighted by Gasteiger charge is -2.34. The van der Waals surface area contributed by atoms with Crippen LogP contribution in [-0.2, 0) is 6.42 Å². The maximum atomic E-state index is 5.70. The average molecular weight is 377 g/mol. The van der Waals surface area contributed by atoms with Gasteiger partial charge in [-0.3, -0.25) is 14.9 Å². The van der Waals surface area contributed by atoms with Gasteiger partial charge in [0.15, 0.2) is 0 Å². The van der Waals surface area contributed by atoms with E-state index in [1.54, 1.807) is 0 Å². The summed E-state index contributed by atoms with van der Waals surface area (Å²) in [6, 6.07) is 12.8. The molecule has 3 rings (SSSR count). The van der Waals surface area contributed by atoms with E-state index in [0.717, 1.165) is 25.1 Å². The molecule has 2 N–H and O–H groups in total. The number of allylic oxidation sites excluding steroid dienone is 2. The first kappa shape index (κ1) is 20.4. The molecule has 0 amide bonds. The predicted octanol–water partition coefficient (Wildman–Crippen LogP) is 4.28. The fourth-order valence-corrected chi connectivity index (χ4v) is 3.90. The molecule has 1 aromatic heterocycles. The van der Waals surface area contributed by atoms with Gasteiger partial charge in [0.05, 0.1) is 6.17 Å². The highest BCUT2D eigenvalue weighted by Crippen LogP contribution is 2.28. The van der Waals surface area contributed by atoms with E-state index >= 15 is 0 Å². The largest absolute Gasteiger partial charge is 0.330 e. The Bertz CT molecular complexity index is 789. The summed E-state index contributed by atoms with van der Waals surface area (Å²) < 4.78 is 0. The van der Waals surface area contributed by atoms with Crippen LogP contribution in [0.4, 0.5) is 0 Å². The number of hydrogen-bond acceptors (Lipinski definition) is 4. The molecule has 0 spiro atoms. The van der Waals surface area contributed by atoms with Crippen molar-refractivity contribution in [2.75, 3.05) is 19.6 Å². The molecule has 1 unspecified atom stereocenters. The predicted molar refractivity (Wildman–Crippen MR) is 119 cm³/mol. The number of aromatic nitrogens is 1.